The molecule has 37 heavy (non-hydrogen) atoms. The highest BCUT2D eigenvalue weighted by molar-refractivity contribution is 5.68. The van der Waals surface area contributed by atoms with Gasteiger partial charge in [0.2, 0.25) is 0 Å². The second-order valence-corrected chi connectivity index (χ2v) is 10.8. The van der Waals surface area contributed by atoms with Crippen LogP contribution in [0.4, 0.5) is 0 Å². The van der Waals surface area contributed by atoms with Crippen molar-refractivity contribution in [1.82, 2.24) is 4.98 Å². The maximum Gasteiger partial charge on any atom is 0.373 e. The minimum atomic E-state index is -0.512. The molecule has 1 heterocycles. The Morgan fingerprint density at radius 3 is 1.95 bits per heavy atom. The maximum absolute atomic E-state index is 10.4. The summed E-state index contributed by atoms with van der Waals surface area (Å²) < 4.78 is 6.00. The lowest BCUT2D eigenvalue weighted by molar-refractivity contribution is -0.191. The third kappa shape index (κ3) is 7.15. The van der Waals surface area contributed by atoms with E-state index >= 15 is 0 Å². The lowest BCUT2D eigenvalue weighted by Crippen LogP contribution is -2.32. The average Bonchev–Trinajstić information content (AvgIpc) is 2.84. The molecule has 0 aliphatic heterocycles. The fourth-order valence-corrected chi connectivity index (χ4v) is 4.75. The third-order valence-corrected chi connectivity index (χ3v) is 7.30. The van der Waals surface area contributed by atoms with Crippen LogP contribution in [0.15, 0.2) is 54.9 Å². The van der Waals surface area contributed by atoms with Gasteiger partial charge in [0.1, 0.15) is 12.4 Å². The van der Waals surface area contributed by atoms with Crippen molar-refractivity contribution in [3.05, 3.63) is 82.7 Å². The molecule has 1 aromatic heterocycles. The quantitative estimate of drug-likeness (QED) is 0.359. The van der Waals surface area contributed by atoms with Crippen LogP contribution >= 0.6 is 0 Å². The van der Waals surface area contributed by atoms with E-state index in [1.165, 1.54) is 27.8 Å². The smallest absolute Gasteiger partial charge is 0.373 e. The Labute approximate surface area is 221 Å². The Morgan fingerprint density at radius 1 is 0.892 bits per heavy atom. The number of rotatable bonds is 8. The molecule has 5 heteroatoms. The monoisotopic (exact) mass is 503 g/mol. The number of aliphatic hydroxyl groups is 1. The second-order valence-electron chi connectivity index (χ2n) is 10.8. The number of aryl methyl sites for hydroxylation is 3. The molecule has 0 radical (unpaired) electrons. The van der Waals surface area contributed by atoms with Crippen LogP contribution in [0.1, 0.15) is 75.3 Å². The van der Waals surface area contributed by atoms with Gasteiger partial charge in [-0.2, -0.15) is 9.59 Å². The number of ether oxygens (including phenoxy) is 1. The van der Waals surface area contributed by atoms with E-state index in [9.17, 15) is 5.11 Å². The molecule has 1 atom stereocenters. The Balaban J connectivity index is 0.00000153. The van der Waals surface area contributed by atoms with Crippen molar-refractivity contribution < 1.29 is 19.4 Å². The molecule has 3 aromatic rings. The van der Waals surface area contributed by atoms with Crippen molar-refractivity contribution in [2.24, 2.45) is 5.41 Å². The molecule has 0 aliphatic rings. The van der Waals surface area contributed by atoms with Gasteiger partial charge in [0, 0.05) is 23.4 Å². The van der Waals surface area contributed by atoms with Crippen LogP contribution in [0.25, 0.3) is 11.1 Å². The fourth-order valence-electron chi connectivity index (χ4n) is 4.75. The van der Waals surface area contributed by atoms with Gasteiger partial charge in [0.15, 0.2) is 0 Å². The second kappa shape index (κ2) is 12.8. The van der Waals surface area contributed by atoms with Crippen LogP contribution in [-0.2, 0) is 15.0 Å². The summed E-state index contributed by atoms with van der Waals surface area (Å²) in [5.74, 6) is 0.839. The molecule has 0 fully saturated rings. The molecule has 0 spiro atoms. The molecule has 0 aliphatic carbocycles. The molecule has 0 saturated heterocycles. The van der Waals surface area contributed by atoms with Gasteiger partial charge in [0.05, 0.1) is 6.10 Å². The highest BCUT2D eigenvalue weighted by atomic mass is 16.5. The molecule has 0 bridgehead atoms. The van der Waals surface area contributed by atoms with Crippen LogP contribution in [0.5, 0.6) is 5.75 Å². The first-order valence-corrected chi connectivity index (χ1v) is 12.9. The van der Waals surface area contributed by atoms with Crippen LogP contribution in [0.3, 0.4) is 0 Å². The minimum absolute atomic E-state index is 0.0671. The number of aromatic nitrogens is 1. The summed E-state index contributed by atoms with van der Waals surface area (Å²) in [6.45, 7) is 17.3. The number of benzene rings is 2. The number of hydrogen-bond acceptors (Lipinski definition) is 5. The summed E-state index contributed by atoms with van der Waals surface area (Å²) in [7, 11) is 0. The van der Waals surface area contributed by atoms with Crippen LogP contribution in [0, 0.1) is 26.2 Å². The van der Waals surface area contributed by atoms with Gasteiger partial charge in [-0.1, -0.05) is 65.0 Å². The summed E-state index contributed by atoms with van der Waals surface area (Å²) in [4.78, 5) is 20.6. The zero-order valence-electron chi connectivity index (χ0n) is 23.5. The van der Waals surface area contributed by atoms with Crippen molar-refractivity contribution in [2.45, 2.75) is 79.8 Å². The van der Waals surface area contributed by atoms with Crippen LogP contribution in [0.2, 0.25) is 0 Å². The van der Waals surface area contributed by atoms with Gasteiger partial charge in [-0.05, 0) is 84.5 Å². The van der Waals surface area contributed by atoms with Gasteiger partial charge in [-0.15, -0.1) is 0 Å². The highest BCUT2D eigenvalue weighted by Crippen LogP contribution is 2.41. The van der Waals surface area contributed by atoms with E-state index in [-0.39, 0.29) is 17.0 Å². The maximum atomic E-state index is 10.4. The first kappa shape index (κ1) is 30.0. The van der Waals surface area contributed by atoms with Gasteiger partial charge in [0.25, 0.3) is 0 Å². The molecule has 0 saturated carbocycles. The molecule has 2 aromatic carbocycles. The van der Waals surface area contributed by atoms with Crippen molar-refractivity contribution in [1.29, 1.82) is 0 Å². The number of pyridine rings is 1. The van der Waals surface area contributed by atoms with E-state index in [1.807, 2.05) is 33.2 Å². The van der Waals surface area contributed by atoms with E-state index in [0.717, 1.165) is 29.7 Å². The first-order chi connectivity index (χ1) is 17.4. The standard InChI is InChI=1S/C31H41NO2.CO2/c1-9-31(10-2,25-11-13-27(22(4)16-25)24-15-21(3)18-32-19-24)26-12-14-28(23(5)17-26)34-20-29(33)30(6,7)8;2-1-3/h11-19,29,33H,9-10,20H2,1-8H3;. The Kier molecular flexibility index (Phi) is 10.4. The highest BCUT2D eigenvalue weighted by Gasteiger charge is 2.31. The molecule has 1 unspecified atom stereocenters. The normalized spacial score (nSPS) is 12.2. The van der Waals surface area contributed by atoms with E-state index in [1.54, 1.807) is 0 Å². The lowest BCUT2D eigenvalue weighted by atomic mass is 9.69. The third-order valence-electron chi connectivity index (χ3n) is 7.30. The number of carbonyl (C=O) groups excluding carboxylic acids is 2. The van der Waals surface area contributed by atoms with Crippen molar-refractivity contribution in [2.75, 3.05) is 6.61 Å². The van der Waals surface area contributed by atoms with Gasteiger partial charge < -0.3 is 9.84 Å². The van der Waals surface area contributed by atoms with E-state index < -0.39 is 6.10 Å². The molecule has 198 valence electrons. The summed E-state index contributed by atoms with van der Waals surface area (Å²) >= 11 is 0. The molecule has 5 nitrogen and oxygen atoms in total. The summed E-state index contributed by atoms with van der Waals surface area (Å²) in [5, 5.41) is 10.4. The van der Waals surface area contributed by atoms with E-state index in [0.29, 0.717) is 6.61 Å². The zero-order chi connectivity index (χ0) is 27.8. The summed E-state index contributed by atoms with van der Waals surface area (Å²) in [6.07, 6.45) is 5.60. The van der Waals surface area contributed by atoms with E-state index in [2.05, 4.69) is 82.1 Å². The van der Waals surface area contributed by atoms with Crippen molar-refractivity contribution in [3.63, 3.8) is 0 Å². The Morgan fingerprint density at radius 2 is 1.46 bits per heavy atom. The summed E-state index contributed by atoms with van der Waals surface area (Å²) in [6, 6.07) is 15.6. The fraction of sp³-hybridized carbons (Fsp3) is 0.438. The largest absolute Gasteiger partial charge is 0.491 e. The molecule has 1 N–H and O–H groups in total. The average molecular weight is 504 g/mol. The predicted molar refractivity (Wildman–Crippen MR) is 148 cm³/mol. The van der Waals surface area contributed by atoms with Crippen LogP contribution in [-0.4, -0.2) is 29.0 Å². The van der Waals surface area contributed by atoms with E-state index in [4.69, 9.17) is 14.3 Å². The first-order valence-electron chi connectivity index (χ1n) is 12.9. The Bertz CT molecular complexity index is 1220. The summed E-state index contributed by atoms with van der Waals surface area (Å²) in [5.41, 5.74) is 8.32. The number of hydrogen-bond donors (Lipinski definition) is 1. The molecule has 3 rings (SSSR count). The zero-order valence-corrected chi connectivity index (χ0v) is 23.5. The SMILES string of the molecule is CCC(CC)(c1ccc(OCC(O)C(C)(C)C)c(C)c1)c1ccc(-c2cncc(C)c2)c(C)c1.O=C=O. The lowest BCUT2D eigenvalue weighted by Gasteiger charge is -2.34. The topological polar surface area (TPSA) is 76.5 Å². The Hall–Kier alpha value is -3.27. The van der Waals surface area contributed by atoms with Gasteiger partial charge in [-0.25, -0.2) is 0 Å². The van der Waals surface area contributed by atoms with Crippen molar-refractivity contribution >= 4 is 6.15 Å². The van der Waals surface area contributed by atoms with Gasteiger partial charge >= 0.3 is 6.15 Å². The minimum Gasteiger partial charge on any atom is -0.491 e. The van der Waals surface area contributed by atoms with Gasteiger partial charge in [-0.3, -0.25) is 4.98 Å². The number of nitrogens with zero attached hydrogens (tertiary/aromatic N) is 1. The predicted octanol–water partition coefficient (Wildman–Crippen LogP) is 6.98. The van der Waals surface area contributed by atoms with Crippen molar-refractivity contribution in [3.8, 4) is 16.9 Å². The molecule has 0 amide bonds. The number of aliphatic hydroxyl groups excluding tert-OH is 1. The molecular weight excluding hydrogens is 462 g/mol. The molecular formula is C32H41NO4. The van der Waals surface area contributed by atoms with Crippen LogP contribution < -0.4 is 4.74 Å².